The zero-order valence-corrected chi connectivity index (χ0v) is 13.3. The van der Waals surface area contributed by atoms with E-state index in [0.29, 0.717) is 16.1 Å². The largest absolute Gasteiger partial charge is 0.358 e. The van der Waals surface area contributed by atoms with Crippen molar-refractivity contribution in [3.8, 4) is 0 Å². The summed E-state index contributed by atoms with van der Waals surface area (Å²) >= 11 is 7.36. The molecule has 1 aliphatic rings. The molecule has 0 aliphatic carbocycles. The second kappa shape index (κ2) is 7.13. The van der Waals surface area contributed by atoms with Crippen molar-refractivity contribution >= 4 is 35.1 Å². The van der Waals surface area contributed by atoms with E-state index in [9.17, 15) is 4.79 Å². The minimum Gasteiger partial charge on any atom is -0.358 e. The van der Waals surface area contributed by atoms with Gasteiger partial charge in [0.25, 0.3) is 0 Å². The van der Waals surface area contributed by atoms with Crippen LogP contribution in [0.15, 0.2) is 11.2 Å². The zero-order valence-electron chi connectivity index (χ0n) is 11.7. The van der Waals surface area contributed by atoms with E-state index in [1.807, 2.05) is 18.1 Å². The molecule has 0 bridgehead atoms. The second-order valence-corrected chi connectivity index (χ2v) is 5.98. The molecule has 7 heteroatoms. The van der Waals surface area contributed by atoms with Crippen LogP contribution in [0.3, 0.4) is 0 Å². The zero-order chi connectivity index (χ0) is 14.5. The van der Waals surface area contributed by atoms with E-state index in [-0.39, 0.29) is 11.9 Å². The molecule has 1 unspecified atom stereocenters. The molecule has 1 amide bonds. The van der Waals surface area contributed by atoms with Gasteiger partial charge in [0.05, 0.1) is 0 Å². The van der Waals surface area contributed by atoms with Gasteiger partial charge in [-0.3, -0.25) is 4.79 Å². The van der Waals surface area contributed by atoms with Crippen LogP contribution in [-0.2, 0) is 4.79 Å². The van der Waals surface area contributed by atoms with Crippen molar-refractivity contribution in [1.29, 1.82) is 0 Å². The third-order valence-corrected chi connectivity index (χ3v) is 4.00. The van der Waals surface area contributed by atoms with Crippen LogP contribution in [-0.4, -0.2) is 46.2 Å². The van der Waals surface area contributed by atoms with Gasteiger partial charge >= 0.3 is 0 Å². The van der Waals surface area contributed by atoms with Crippen molar-refractivity contribution < 1.29 is 4.79 Å². The van der Waals surface area contributed by atoms with Crippen LogP contribution in [0.25, 0.3) is 0 Å². The van der Waals surface area contributed by atoms with E-state index in [4.69, 9.17) is 11.6 Å². The normalized spacial score (nSPS) is 16.9. The number of amides is 1. The number of likely N-dealkylation sites (tertiary alicyclic amines) is 1. The van der Waals surface area contributed by atoms with Gasteiger partial charge in [0.2, 0.25) is 5.91 Å². The van der Waals surface area contributed by atoms with E-state index >= 15 is 0 Å². The molecule has 1 aliphatic heterocycles. The summed E-state index contributed by atoms with van der Waals surface area (Å²) in [7, 11) is 0. The van der Waals surface area contributed by atoms with Gasteiger partial charge in [0.1, 0.15) is 17.0 Å². The van der Waals surface area contributed by atoms with Gasteiger partial charge in [-0.25, -0.2) is 9.97 Å². The predicted octanol–water partition coefficient (Wildman–Crippen LogP) is 2.66. The average Bonchev–Trinajstić information content (AvgIpc) is 2.46. The Hall–Kier alpha value is -1.01. The number of halogens is 1. The highest BCUT2D eigenvalue weighted by atomic mass is 35.5. The number of piperidine rings is 1. The Morgan fingerprint density at radius 3 is 2.75 bits per heavy atom. The van der Waals surface area contributed by atoms with Gasteiger partial charge in [-0.05, 0) is 32.4 Å². The summed E-state index contributed by atoms with van der Waals surface area (Å²) in [6.45, 7) is 3.56. The van der Waals surface area contributed by atoms with Crippen molar-refractivity contribution in [2.45, 2.75) is 37.4 Å². The van der Waals surface area contributed by atoms with Gasteiger partial charge in [-0.1, -0.05) is 23.4 Å². The Balaban J connectivity index is 2.01. The van der Waals surface area contributed by atoms with Crippen molar-refractivity contribution in [2.24, 2.45) is 0 Å². The van der Waals surface area contributed by atoms with Crippen LogP contribution in [0.4, 0.5) is 5.82 Å². The van der Waals surface area contributed by atoms with E-state index in [0.717, 1.165) is 25.9 Å². The van der Waals surface area contributed by atoms with Crippen molar-refractivity contribution in [3.63, 3.8) is 0 Å². The Kier molecular flexibility index (Phi) is 5.48. The van der Waals surface area contributed by atoms with Crippen LogP contribution in [0, 0.1) is 0 Å². The second-order valence-electron chi connectivity index (χ2n) is 4.81. The fourth-order valence-electron chi connectivity index (χ4n) is 2.23. The highest BCUT2D eigenvalue weighted by Crippen LogP contribution is 2.18. The number of anilines is 1. The Morgan fingerprint density at radius 2 is 2.10 bits per heavy atom. The van der Waals surface area contributed by atoms with E-state index in [1.165, 1.54) is 18.2 Å². The molecule has 110 valence electrons. The summed E-state index contributed by atoms with van der Waals surface area (Å²) in [5.41, 5.74) is 0. The van der Waals surface area contributed by atoms with Crippen LogP contribution < -0.4 is 5.32 Å². The molecule has 0 radical (unpaired) electrons. The maximum atomic E-state index is 12.3. The number of rotatable bonds is 4. The molecule has 0 saturated carbocycles. The quantitative estimate of drug-likeness (QED) is 0.526. The molecular formula is C13H19ClN4OS. The Bertz CT molecular complexity index is 479. The summed E-state index contributed by atoms with van der Waals surface area (Å²) < 4.78 is 0. The lowest BCUT2D eigenvalue weighted by Crippen LogP contribution is -2.44. The first-order valence-electron chi connectivity index (χ1n) is 6.74. The summed E-state index contributed by atoms with van der Waals surface area (Å²) in [4.78, 5) is 22.6. The standard InChI is InChI=1S/C13H19ClN4OS/c1-9(12(19)18-6-4-3-5-7-18)15-11-8-10(14)16-13(17-11)20-2/h8-9H,3-7H2,1-2H3,(H,15,16,17). The number of hydrogen-bond donors (Lipinski definition) is 1. The molecule has 2 heterocycles. The maximum absolute atomic E-state index is 12.3. The summed E-state index contributed by atoms with van der Waals surface area (Å²) in [6, 6.07) is 1.33. The lowest BCUT2D eigenvalue weighted by molar-refractivity contribution is -0.132. The number of nitrogens with zero attached hydrogens (tertiary/aromatic N) is 3. The molecule has 1 fully saturated rings. The highest BCUT2D eigenvalue weighted by Gasteiger charge is 2.22. The average molecular weight is 315 g/mol. The first-order chi connectivity index (χ1) is 9.60. The smallest absolute Gasteiger partial charge is 0.244 e. The molecule has 0 spiro atoms. The molecule has 1 aromatic heterocycles. The Morgan fingerprint density at radius 1 is 1.40 bits per heavy atom. The maximum Gasteiger partial charge on any atom is 0.244 e. The molecule has 0 aromatic carbocycles. The molecule has 2 rings (SSSR count). The topological polar surface area (TPSA) is 58.1 Å². The minimum absolute atomic E-state index is 0.116. The molecule has 1 N–H and O–H groups in total. The van der Waals surface area contributed by atoms with Crippen molar-refractivity contribution in [2.75, 3.05) is 24.7 Å². The number of carbonyl (C=O) groups is 1. The van der Waals surface area contributed by atoms with Crippen LogP contribution >= 0.6 is 23.4 Å². The van der Waals surface area contributed by atoms with Gasteiger partial charge in [-0.2, -0.15) is 0 Å². The van der Waals surface area contributed by atoms with E-state index in [1.54, 1.807) is 6.07 Å². The highest BCUT2D eigenvalue weighted by molar-refractivity contribution is 7.98. The van der Waals surface area contributed by atoms with Gasteiger partial charge in [0, 0.05) is 19.2 Å². The monoisotopic (exact) mass is 314 g/mol. The fourth-order valence-corrected chi connectivity index (χ4v) is 2.85. The predicted molar refractivity (Wildman–Crippen MR) is 82.3 cm³/mol. The fraction of sp³-hybridized carbons (Fsp3) is 0.615. The summed E-state index contributed by atoms with van der Waals surface area (Å²) in [5, 5.41) is 4.09. The van der Waals surface area contributed by atoms with Crippen LogP contribution in [0.5, 0.6) is 0 Å². The molecule has 5 nitrogen and oxygen atoms in total. The lowest BCUT2D eigenvalue weighted by Gasteiger charge is -2.29. The van der Waals surface area contributed by atoms with Crippen molar-refractivity contribution in [1.82, 2.24) is 14.9 Å². The van der Waals surface area contributed by atoms with Gasteiger partial charge in [-0.15, -0.1) is 0 Å². The van der Waals surface area contributed by atoms with Crippen LogP contribution in [0.1, 0.15) is 26.2 Å². The Labute approximate surface area is 128 Å². The first-order valence-corrected chi connectivity index (χ1v) is 8.34. The van der Waals surface area contributed by atoms with Crippen LogP contribution in [0.2, 0.25) is 5.15 Å². The third kappa shape index (κ3) is 3.99. The molecule has 20 heavy (non-hydrogen) atoms. The number of thioether (sulfide) groups is 1. The van der Waals surface area contributed by atoms with E-state index in [2.05, 4.69) is 15.3 Å². The number of nitrogens with one attached hydrogen (secondary N) is 1. The number of carbonyl (C=O) groups excluding carboxylic acids is 1. The SMILES string of the molecule is CSc1nc(Cl)cc(NC(C)C(=O)N2CCCCC2)n1. The van der Waals surface area contributed by atoms with E-state index < -0.39 is 0 Å². The first kappa shape index (κ1) is 15.4. The summed E-state index contributed by atoms with van der Waals surface area (Å²) in [5.74, 6) is 0.706. The molecule has 1 aromatic rings. The number of aromatic nitrogens is 2. The number of hydrogen-bond acceptors (Lipinski definition) is 5. The van der Waals surface area contributed by atoms with Gasteiger partial charge < -0.3 is 10.2 Å². The minimum atomic E-state index is -0.311. The molecule has 1 saturated heterocycles. The molecular weight excluding hydrogens is 296 g/mol. The molecule has 1 atom stereocenters. The lowest BCUT2D eigenvalue weighted by atomic mass is 10.1. The third-order valence-electron chi connectivity index (χ3n) is 3.26. The van der Waals surface area contributed by atoms with Gasteiger partial charge in [0.15, 0.2) is 5.16 Å². The van der Waals surface area contributed by atoms with Crippen molar-refractivity contribution in [3.05, 3.63) is 11.2 Å². The summed E-state index contributed by atoms with van der Waals surface area (Å²) in [6.07, 6.45) is 5.28.